The molecular weight excluding hydrogens is 275 g/mol. The molecule has 1 heterocycles. The molecule has 2 rings (SSSR count). The number of ether oxygens (including phenoxy) is 1. The number of hydrogen-bond donors (Lipinski definition) is 0. The fraction of sp³-hybridized carbons (Fsp3) is 0.154. The minimum Gasteiger partial charge on any atom is -0.460 e. The largest absolute Gasteiger partial charge is 0.460 e. The highest BCUT2D eigenvalue weighted by atomic mass is 35.5. The second-order valence-corrected chi connectivity index (χ2v) is 4.33. The van der Waals surface area contributed by atoms with Crippen molar-refractivity contribution in [3.8, 4) is 11.3 Å². The fourth-order valence-corrected chi connectivity index (χ4v) is 1.75. The van der Waals surface area contributed by atoms with Crippen molar-refractivity contribution in [2.75, 3.05) is 6.61 Å². The van der Waals surface area contributed by atoms with Gasteiger partial charge in [0.25, 0.3) is 0 Å². The number of rotatable bonds is 3. The van der Waals surface area contributed by atoms with E-state index in [1.165, 1.54) is 0 Å². The summed E-state index contributed by atoms with van der Waals surface area (Å²) in [6.45, 7) is 2.04. The highest BCUT2D eigenvalue weighted by Crippen LogP contribution is 2.29. The number of hydrogen-bond acceptors (Lipinski definition) is 3. The maximum Gasteiger partial charge on any atom is 0.374 e. The Morgan fingerprint density at radius 2 is 2.00 bits per heavy atom. The molecular formula is C13H10Cl2O3. The van der Waals surface area contributed by atoms with Crippen LogP contribution in [0.15, 0.2) is 34.7 Å². The van der Waals surface area contributed by atoms with Gasteiger partial charge in [0.05, 0.1) is 16.7 Å². The topological polar surface area (TPSA) is 39.4 Å². The van der Waals surface area contributed by atoms with Gasteiger partial charge in [-0.05, 0) is 37.3 Å². The van der Waals surface area contributed by atoms with Crippen LogP contribution in [-0.2, 0) is 4.74 Å². The molecule has 0 fully saturated rings. The lowest BCUT2D eigenvalue weighted by Gasteiger charge is -2.00. The van der Waals surface area contributed by atoms with Crippen LogP contribution in [-0.4, -0.2) is 12.6 Å². The minimum atomic E-state index is -0.483. The molecule has 0 aliphatic heterocycles. The van der Waals surface area contributed by atoms with Crippen molar-refractivity contribution >= 4 is 29.2 Å². The molecule has 0 radical (unpaired) electrons. The third-order valence-corrected chi connectivity index (χ3v) is 3.03. The summed E-state index contributed by atoms with van der Waals surface area (Å²) in [6.07, 6.45) is 0. The van der Waals surface area contributed by atoms with Gasteiger partial charge in [0.15, 0.2) is 0 Å². The summed E-state index contributed by atoms with van der Waals surface area (Å²) in [5.41, 5.74) is 0.750. The predicted molar refractivity (Wildman–Crippen MR) is 70.1 cm³/mol. The first-order valence-corrected chi connectivity index (χ1v) is 6.09. The van der Waals surface area contributed by atoms with E-state index in [1.54, 1.807) is 37.3 Å². The molecule has 0 atom stereocenters. The number of carbonyl (C=O) groups excluding carboxylic acids is 1. The van der Waals surface area contributed by atoms with Gasteiger partial charge < -0.3 is 9.15 Å². The lowest BCUT2D eigenvalue weighted by Crippen LogP contribution is -2.02. The summed E-state index contributed by atoms with van der Waals surface area (Å²) >= 11 is 11.7. The second-order valence-electron chi connectivity index (χ2n) is 3.51. The Labute approximate surface area is 114 Å². The van der Waals surface area contributed by atoms with E-state index in [1.807, 2.05) is 0 Å². The lowest BCUT2D eigenvalue weighted by molar-refractivity contribution is 0.0491. The highest BCUT2D eigenvalue weighted by Gasteiger charge is 2.13. The van der Waals surface area contributed by atoms with Crippen LogP contribution in [0.1, 0.15) is 17.5 Å². The van der Waals surface area contributed by atoms with E-state index in [4.69, 9.17) is 32.4 Å². The van der Waals surface area contributed by atoms with Gasteiger partial charge in [-0.2, -0.15) is 0 Å². The molecule has 5 heteroatoms. The van der Waals surface area contributed by atoms with Crippen molar-refractivity contribution in [3.63, 3.8) is 0 Å². The van der Waals surface area contributed by atoms with Crippen LogP contribution in [0.4, 0.5) is 0 Å². The van der Waals surface area contributed by atoms with E-state index >= 15 is 0 Å². The van der Waals surface area contributed by atoms with Gasteiger partial charge in [-0.25, -0.2) is 4.79 Å². The van der Waals surface area contributed by atoms with Crippen LogP contribution >= 0.6 is 23.2 Å². The molecule has 0 bridgehead atoms. The van der Waals surface area contributed by atoms with E-state index in [2.05, 4.69) is 0 Å². The second kappa shape index (κ2) is 5.46. The molecule has 18 heavy (non-hydrogen) atoms. The van der Waals surface area contributed by atoms with Gasteiger partial charge >= 0.3 is 5.97 Å². The van der Waals surface area contributed by atoms with Gasteiger partial charge in [-0.3, -0.25) is 0 Å². The van der Waals surface area contributed by atoms with E-state index in [0.29, 0.717) is 22.4 Å². The fourth-order valence-electron chi connectivity index (χ4n) is 1.45. The van der Waals surface area contributed by atoms with Crippen molar-refractivity contribution in [2.45, 2.75) is 6.92 Å². The predicted octanol–water partition coefficient (Wildman–Crippen LogP) is 4.43. The summed E-state index contributed by atoms with van der Waals surface area (Å²) < 4.78 is 10.2. The number of furan rings is 1. The minimum absolute atomic E-state index is 0.165. The smallest absolute Gasteiger partial charge is 0.374 e. The van der Waals surface area contributed by atoms with Gasteiger partial charge in [-0.1, -0.05) is 23.2 Å². The summed E-state index contributed by atoms with van der Waals surface area (Å²) in [5.74, 6) is 0.221. The third-order valence-electron chi connectivity index (χ3n) is 2.29. The Kier molecular flexibility index (Phi) is 3.94. The standard InChI is InChI=1S/C13H10Cl2O3/c1-2-17-13(16)12-6-5-11(18-12)8-3-4-9(14)10(15)7-8/h3-7H,2H2,1H3. The maximum atomic E-state index is 11.4. The van der Waals surface area contributed by atoms with E-state index in [0.717, 1.165) is 5.56 Å². The summed E-state index contributed by atoms with van der Waals surface area (Å²) in [5, 5.41) is 0.904. The van der Waals surface area contributed by atoms with Crippen molar-refractivity contribution in [1.82, 2.24) is 0 Å². The van der Waals surface area contributed by atoms with E-state index in [9.17, 15) is 4.79 Å². The van der Waals surface area contributed by atoms with E-state index in [-0.39, 0.29) is 5.76 Å². The molecule has 3 nitrogen and oxygen atoms in total. The zero-order valence-electron chi connectivity index (χ0n) is 9.57. The normalized spacial score (nSPS) is 10.4. The van der Waals surface area contributed by atoms with Crippen LogP contribution in [0.3, 0.4) is 0 Å². The van der Waals surface area contributed by atoms with Crippen LogP contribution < -0.4 is 0 Å². The first-order chi connectivity index (χ1) is 8.61. The van der Waals surface area contributed by atoms with Crippen molar-refractivity contribution in [1.29, 1.82) is 0 Å². The average molecular weight is 285 g/mol. The molecule has 0 unspecified atom stereocenters. The molecule has 2 aromatic rings. The molecule has 94 valence electrons. The first kappa shape index (κ1) is 13.0. The SMILES string of the molecule is CCOC(=O)c1ccc(-c2ccc(Cl)c(Cl)c2)o1. The van der Waals surface area contributed by atoms with Gasteiger partial charge in [0.2, 0.25) is 5.76 Å². The van der Waals surface area contributed by atoms with Crippen molar-refractivity contribution in [2.24, 2.45) is 0 Å². The molecule has 1 aromatic heterocycles. The first-order valence-electron chi connectivity index (χ1n) is 5.34. The molecule has 0 amide bonds. The lowest BCUT2D eigenvalue weighted by atomic mass is 10.2. The van der Waals surface area contributed by atoms with Crippen LogP contribution in [0.25, 0.3) is 11.3 Å². The van der Waals surface area contributed by atoms with Gasteiger partial charge in [-0.15, -0.1) is 0 Å². The van der Waals surface area contributed by atoms with Crippen LogP contribution in [0, 0.1) is 0 Å². The molecule has 0 aliphatic rings. The zero-order valence-corrected chi connectivity index (χ0v) is 11.1. The Morgan fingerprint density at radius 1 is 1.22 bits per heavy atom. The Morgan fingerprint density at radius 3 is 2.67 bits per heavy atom. The molecule has 0 aliphatic carbocycles. The number of esters is 1. The van der Waals surface area contributed by atoms with Crippen LogP contribution in [0.2, 0.25) is 10.0 Å². The highest BCUT2D eigenvalue weighted by molar-refractivity contribution is 6.42. The third kappa shape index (κ3) is 2.68. The molecule has 0 saturated heterocycles. The average Bonchev–Trinajstić information content (AvgIpc) is 2.82. The quantitative estimate of drug-likeness (QED) is 0.783. The summed E-state index contributed by atoms with van der Waals surface area (Å²) in [7, 11) is 0. The monoisotopic (exact) mass is 284 g/mol. The number of benzene rings is 1. The summed E-state index contributed by atoms with van der Waals surface area (Å²) in [6, 6.07) is 8.37. The number of halogens is 2. The summed E-state index contributed by atoms with van der Waals surface area (Å²) in [4.78, 5) is 11.4. The Bertz CT molecular complexity index is 575. The Balaban J connectivity index is 2.29. The molecule has 1 aromatic carbocycles. The van der Waals surface area contributed by atoms with E-state index < -0.39 is 5.97 Å². The van der Waals surface area contributed by atoms with Gasteiger partial charge in [0.1, 0.15) is 5.76 Å². The zero-order chi connectivity index (χ0) is 13.1. The molecule has 0 saturated carbocycles. The van der Waals surface area contributed by atoms with Gasteiger partial charge in [0, 0.05) is 5.56 Å². The molecule has 0 N–H and O–H groups in total. The number of carbonyl (C=O) groups is 1. The van der Waals surface area contributed by atoms with Crippen molar-refractivity contribution < 1.29 is 13.9 Å². The van der Waals surface area contributed by atoms with Crippen LogP contribution in [0.5, 0.6) is 0 Å². The van der Waals surface area contributed by atoms with Crippen molar-refractivity contribution in [3.05, 3.63) is 46.1 Å². The maximum absolute atomic E-state index is 11.4. The molecule has 0 spiro atoms. The Hall–Kier alpha value is -1.45.